The zero-order valence-corrected chi connectivity index (χ0v) is 11.5. The van der Waals surface area contributed by atoms with E-state index in [0.29, 0.717) is 18.8 Å². The predicted molar refractivity (Wildman–Crippen MR) is 74.0 cm³/mol. The van der Waals surface area contributed by atoms with Gasteiger partial charge < -0.3 is 14.8 Å². The molecule has 6 heteroatoms. The molecule has 0 aliphatic heterocycles. The molecule has 1 aromatic heterocycles. The molecule has 0 saturated heterocycles. The molecular weight excluding hydrogens is 258 g/mol. The Kier molecular flexibility index (Phi) is 4.60. The van der Waals surface area contributed by atoms with Crippen molar-refractivity contribution in [1.82, 2.24) is 15.1 Å². The topological polar surface area (TPSA) is 65.4 Å². The van der Waals surface area contributed by atoms with Crippen LogP contribution in [0, 0.1) is 0 Å². The molecule has 106 valence electrons. The maximum absolute atomic E-state index is 11.8. The van der Waals surface area contributed by atoms with E-state index in [1.807, 2.05) is 24.3 Å². The van der Waals surface area contributed by atoms with Crippen molar-refractivity contribution in [2.75, 3.05) is 20.3 Å². The van der Waals surface area contributed by atoms with E-state index in [-0.39, 0.29) is 5.91 Å². The van der Waals surface area contributed by atoms with Gasteiger partial charge in [0.25, 0.3) is 5.91 Å². The Morgan fingerprint density at radius 1 is 1.25 bits per heavy atom. The summed E-state index contributed by atoms with van der Waals surface area (Å²) in [5.41, 5.74) is 0.523. The third-order valence-corrected chi connectivity index (χ3v) is 2.77. The number of rotatable bonds is 6. The second-order valence-electron chi connectivity index (χ2n) is 4.12. The zero-order chi connectivity index (χ0) is 14.4. The fraction of sp³-hybridized carbons (Fsp3) is 0.286. The van der Waals surface area contributed by atoms with Crippen LogP contribution >= 0.6 is 0 Å². The third-order valence-electron chi connectivity index (χ3n) is 2.77. The normalized spacial score (nSPS) is 10.1. The van der Waals surface area contributed by atoms with Crippen LogP contribution in [-0.4, -0.2) is 35.9 Å². The van der Waals surface area contributed by atoms with Crippen LogP contribution in [0.5, 0.6) is 11.5 Å². The first kappa shape index (κ1) is 13.9. The van der Waals surface area contributed by atoms with Crippen LogP contribution < -0.4 is 14.8 Å². The molecule has 0 fully saturated rings. The molecule has 1 aromatic carbocycles. The molecule has 0 unspecified atom stereocenters. The van der Waals surface area contributed by atoms with Gasteiger partial charge in [-0.2, -0.15) is 5.10 Å². The Bertz CT molecular complexity index is 563. The van der Waals surface area contributed by atoms with Gasteiger partial charge >= 0.3 is 0 Å². The fourth-order valence-electron chi connectivity index (χ4n) is 1.69. The van der Waals surface area contributed by atoms with Crippen LogP contribution in [0.2, 0.25) is 0 Å². The monoisotopic (exact) mass is 275 g/mol. The van der Waals surface area contributed by atoms with Crippen molar-refractivity contribution in [3.05, 3.63) is 42.2 Å². The van der Waals surface area contributed by atoms with Crippen molar-refractivity contribution in [1.29, 1.82) is 0 Å². The lowest BCUT2D eigenvalue weighted by Gasteiger charge is -2.08. The Labute approximate surface area is 117 Å². The van der Waals surface area contributed by atoms with E-state index in [1.54, 1.807) is 26.4 Å². The summed E-state index contributed by atoms with van der Waals surface area (Å²) >= 11 is 0. The minimum absolute atomic E-state index is 0.164. The third kappa shape index (κ3) is 3.50. The second-order valence-corrected chi connectivity index (χ2v) is 4.12. The van der Waals surface area contributed by atoms with Crippen molar-refractivity contribution in [3.8, 4) is 11.5 Å². The molecule has 0 saturated carbocycles. The summed E-state index contributed by atoms with van der Waals surface area (Å²) in [6.45, 7) is 0.825. The van der Waals surface area contributed by atoms with E-state index >= 15 is 0 Å². The van der Waals surface area contributed by atoms with E-state index < -0.39 is 0 Å². The van der Waals surface area contributed by atoms with E-state index in [2.05, 4.69) is 10.4 Å². The van der Waals surface area contributed by atoms with Crippen LogP contribution in [0.3, 0.4) is 0 Å². The number of ether oxygens (including phenoxy) is 2. The highest BCUT2D eigenvalue weighted by Crippen LogP contribution is 2.16. The van der Waals surface area contributed by atoms with E-state index in [4.69, 9.17) is 9.47 Å². The maximum atomic E-state index is 11.8. The summed E-state index contributed by atoms with van der Waals surface area (Å²) in [5, 5.41) is 6.71. The zero-order valence-electron chi connectivity index (χ0n) is 11.5. The largest absolute Gasteiger partial charge is 0.497 e. The smallest absolute Gasteiger partial charge is 0.269 e. The van der Waals surface area contributed by atoms with E-state index in [0.717, 1.165) is 11.5 Å². The molecule has 0 aliphatic carbocycles. The quantitative estimate of drug-likeness (QED) is 0.805. The van der Waals surface area contributed by atoms with Gasteiger partial charge in [-0.05, 0) is 30.3 Å². The van der Waals surface area contributed by atoms with Crippen LogP contribution in [0.25, 0.3) is 0 Å². The van der Waals surface area contributed by atoms with Crippen LogP contribution in [0.1, 0.15) is 10.5 Å². The number of hydrogen-bond donors (Lipinski definition) is 1. The minimum Gasteiger partial charge on any atom is -0.497 e. The van der Waals surface area contributed by atoms with Crippen molar-refractivity contribution in [2.45, 2.75) is 0 Å². The van der Waals surface area contributed by atoms with Gasteiger partial charge in [-0.15, -0.1) is 0 Å². The Morgan fingerprint density at radius 3 is 2.55 bits per heavy atom. The van der Waals surface area contributed by atoms with Crippen LogP contribution in [0.4, 0.5) is 0 Å². The predicted octanol–water partition coefficient (Wildman–Crippen LogP) is 1.24. The number of nitrogens with one attached hydrogen (secondary N) is 1. The number of carbonyl (C=O) groups is 1. The van der Waals surface area contributed by atoms with Crippen molar-refractivity contribution < 1.29 is 14.3 Å². The van der Waals surface area contributed by atoms with E-state index in [9.17, 15) is 4.79 Å². The average molecular weight is 275 g/mol. The number of hydrogen-bond acceptors (Lipinski definition) is 4. The molecule has 0 radical (unpaired) electrons. The molecule has 0 spiro atoms. The SMILES string of the molecule is COc1ccc(OCCNC(=O)c2ccnn2C)cc1. The molecule has 1 N–H and O–H groups in total. The molecular formula is C14H17N3O3. The molecule has 2 aromatic rings. The van der Waals surface area contributed by atoms with Gasteiger partial charge in [0, 0.05) is 13.2 Å². The van der Waals surface area contributed by atoms with Gasteiger partial charge in [-0.25, -0.2) is 0 Å². The maximum Gasteiger partial charge on any atom is 0.269 e. The molecule has 0 atom stereocenters. The van der Waals surface area contributed by atoms with Crippen molar-refractivity contribution >= 4 is 5.91 Å². The fourth-order valence-corrected chi connectivity index (χ4v) is 1.69. The Hall–Kier alpha value is -2.50. The molecule has 0 bridgehead atoms. The van der Waals surface area contributed by atoms with Crippen LogP contribution in [0.15, 0.2) is 36.5 Å². The first-order valence-electron chi connectivity index (χ1n) is 6.24. The standard InChI is InChI=1S/C14H17N3O3/c1-17-13(7-8-16-17)14(18)15-9-10-20-12-5-3-11(19-2)4-6-12/h3-8H,9-10H2,1-2H3,(H,15,18). The Balaban J connectivity index is 1.73. The summed E-state index contributed by atoms with van der Waals surface area (Å²) in [4.78, 5) is 11.8. The molecule has 0 aliphatic rings. The molecule has 6 nitrogen and oxygen atoms in total. The molecule has 2 rings (SSSR count). The number of methoxy groups -OCH3 is 1. The number of carbonyl (C=O) groups excluding carboxylic acids is 1. The highest BCUT2D eigenvalue weighted by molar-refractivity contribution is 5.92. The molecule has 1 amide bonds. The number of aromatic nitrogens is 2. The number of benzene rings is 1. The lowest BCUT2D eigenvalue weighted by molar-refractivity contribution is 0.0937. The molecule has 20 heavy (non-hydrogen) atoms. The van der Waals surface area contributed by atoms with Gasteiger partial charge in [0.2, 0.25) is 0 Å². The number of nitrogens with zero attached hydrogens (tertiary/aromatic N) is 2. The highest BCUT2D eigenvalue weighted by atomic mass is 16.5. The van der Waals surface area contributed by atoms with Crippen molar-refractivity contribution in [3.63, 3.8) is 0 Å². The van der Waals surface area contributed by atoms with Gasteiger partial charge in [-0.3, -0.25) is 9.48 Å². The summed E-state index contributed by atoms with van der Waals surface area (Å²) in [7, 11) is 3.34. The number of aryl methyl sites for hydroxylation is 1. The lowest BCUT2D eigenvalue weighted by Crippen LogP contribution is -2.29. The first-order chi connectivity index (χ1) is 9.70. The number of amides is 1. The Morgan fingerprint density at radius 2 is 1.95 bits per heavy atom. The summed E-state index contributed by atoms with van der Waals surface area (Å²) in [5.74, 6) is 1.35. The van der Waals surface area contributed by atoms with Crippen LogP contribution in [-0.2, 0) is 7.05 Å². The summed E-state index contributed by atoms with van der Waals surface area (Å²) in [6.07, 6.45) is 1.59. The lowest BCUT2D eigenvalue weighted by atomic mass is 10.3. The first-order valence-corrected chi connectivity index (χ1v) is 6.24. The van der Waals surface area contributed by atoms with Crippen molar-refractivity contribution in [2.24, 2.45) is 7.05 Å². The second kappa shape index (κ2) is 6.60. The van der Waals surface area contributed by atoms with Gasteiger partial charge in [0.1, 0.15) is 23.8 Å². The minimum atomic E-state index is -0.164. The van der Waals surface area contributed by atoms with Gasteiger partial charge in [0.05, 0.1) is 13.7 Å². The highest BCUT2D eigenvalue weighted by Gasteiger charge is 2.08. The van der Waals surface area contributed by atoms with Gasteiger partial charge in [-0.1, -0.05) is 0 Å². The van der Waals surface area contributed by atoms with E-state index in [1.165, 1.54) is 4.68 Å². The average Bonchev–Trinajstić information content (AvgIpc) is 2.90. The molecule has 1 heterocycles. The summed E-state index contributed by atoms with van der Waals surface area (Å²) in [6, 6.07) is 8.95. The summed E-state index contributed by atoms with van der Waals surface area (Å²) < 4.78 is 12.1. The van der Waals surface area contributed by atoms with Gasteiger partial charge in [0.15, 0.2) is 0 Å².